The molecule has 0 aromatic heterocycles. The van der Waals surface area contributed by atoms with E-state index in [4.69, 9.17) is 11.6 Å². The Bertz CT molecular complexity index is 510. The molecule has 2 saturated heterocycles. The second-order valence-corrected chi connectivity index (χ2v) is 4.93. The van der Waals surface area contributed by atoms with E-state index >= 15 is 0 Å². The third kappa shape index (κ3) is 1.59. The number of anilines is 1. The van der Waals surface area contributed by atoms with Gasteiger partial charge >= 0.3 is 6.03 Å². The molecule has 0 radical (unpaired) electrons. The van der Waals surface area contributed by atoms with Crippen LogP contribution in [0, 0.1) is 0 Å². The molecule has 1 N–H and O–H groups in total. The van der Waals surface area contributed by atoms with Gasteiger partial charge in [-0.25, -0.2) is 9.69 Å². The number of carbonyl (C=O) groups excluding carboxylic acids is 2. The number of halogens is 1. The lowest BCUT2D eigenvalue weighted by molar-refractivity contribution is -0.119. The van der Waals surface area contributed by atoms with E-state index in [0.29, 0.717) is 17.1 Å². The van der Waals surface area contributed by atoms with Crippen LogP contribution in [-0.4, -0.2) is 40.6 Å². The zero-order chi connectivity index (χ0) is 12.9. The van der Waals surface area contributed by atoms with Crippen molar-refractivity contribution in [2.75, 3.05) is 11.4 Å². The second kappa shape index (κ2) is 3.96. The lowest BCUT2D eigenvalue weighted by atomic mass is 10.2. The van der Waals surface area contributed by atoms with E-state index in [1.54, 1.807) is 24.3 Å². The maximum absolute atomic E-state index is 12.2. The van der Waals surface area contributed by atoms with Gasteiger partial charge in [0.1, 0.15) is 6.04 Å². The molecule has 3 rings (SSSR count). The van der Waals surface area contributed by atoms with Crippen LogP contribution >= 0.6 is 11.6 Å². The Morgan fingerprint density at radius 3 is 2.78 bits per heavy atom. The normalized spacial score (nSPS) is 27.0. The zero-order valence-electron chi connectivity index (χ0n) is 9.41. The number of rotatable bonds is 1. The summed E-state index contributed by atoms with van der Waals surface area (Å²) in [6.45, 7) is 0.215. The number of aliphatic hydroxyl groups excluding tert-OH is 1. The van der Waals surface area contributed by atoms with Gasteiger partial charge in [0.2, 0.25) is 0 Å². The van der Waals surface area contributed by atoms with E-state index in [1.807, 2.05) is 0 Å². The topological polar surface area (TPSA) is 60.9 Å². The van der Waals surface area contributed by atoms with Crippen LogP contribution in [0.15, 0.2) is 24.3 Å². The number of urea groups is 1. The standard InChI is InChI=1S/C12H11ClN2O3/c13-7-2-1-3-8(4-7)15-11(17)10-5-9(16)6-14(10)12(15)18/h1-4,9-10,16H,5-6H2/t9-,10+/m1/s1. The Balaban J connectivity index is 1.96. The summed E-state index contributed by atoms with van der Waals surface area (Å²) < 4.78 is 0. The summed E-state index contributed by atoms with van der Waals surface area (Å²) in [6, 6.07) is 5.70. The quantitative estimate of drug-likeness (QED) is 0.778. The molecule has 1 aromatic carbocycles. The van der Waals surface area contributed by atoms with Crippen molar-refractivity contribution in [3.8, 4) is 0 Å². The summed E-state index contributed by atoms with van der Waals surface area (Å²) in [7, 11) is 0. The van der Waals surface area contributed by atoms with E-state index < -0.39 is 12.1 Å². The molecule has 2 heterocycles. The van der Waals surface area contributed by atoms with Gasteiger partial charge in [-0.05, 0) is 18.2 Å². The number of fused-ring (bicyclic) bond motifs is 1. The van der Waals surface area contributed by atoms with Crippen molar-refractivity contribution in [2.45, 2.75) is 18.6 Å². The number of amides is 3. The van der Waals surface area contributed by atoms with E-state index in [2.05, 4.69) is 0 Å². The summed E-state index contributed by atoms with van der Waals surface area (Å²) in [6.07, 6.45) is -0.300. The highest BCUT2D eigenvalue weighted by Gasteiger charge is 2.50. The number of nitrogens with zero attached hydrogens (tertiary/aromatic N) is 2. The summed E-state index contributed by atoms with van der Waals surface area (Å²) >= 11 is 5.86. The molecular weight excluding hydrogens is 256 g/mol. The highest BCUT2D eigenvalue weighted by Crippen LogP contribution is 2.32. The van der Waals surface area contributed by atoms with E-state index in [0.717, 1.165) is 4.90 Å². The fourth-order valence-corrected chi connectivity index (χ4v) is 2.67. The first-order valence-corrected chi connectivity index (χ1v) is 6.04. The second-order valence-electron chi connectivity index (χ2n) is 4.49. The summed E-state index contributed by atoms with van der Waals surface area (Å²) in [5.74, 6) is -0.293. The van der Waals surface area contributed by atoms with Crippen LogP contribution in [-0.2, 0) is 4.79 Å². The first-order chi connectivity index (χ1) is 8.58. The minimum atomic E-state index is -0.607. The highest BCUT2D eigenvalue weighted by molar-refractivity contribution is 6.31. The monoisotopic (exact) mass is 266 g/mol. The highest BCUT2D eigenvalue weighted by atomic mass is 35.5. The Kier molecular flexibility index (Phi) is 2.53. The minimum absolute atomic E-state index is 0.215. The number of aliphatic hydroxyl groups is 1. The molecule has 0 spiro atoms. The van der Waals surface area contributed by atoms with Gasteiger partial charge in [0.25, 0.3) is 5.91 Å². The number of hydrogen-bond acceptors (Lipinski definition) is 3. The number of benzene rings is 1. The predicted octanol–water partition coefficient (Wildman–Crippen LogP) is 1.24. The average molecular weight is 267 g/mol. The third-order valence-corrected chi connectivity index (χ3v) is 3.52. The molecule has 5 nitrogen and oxygen atoms in total. The van der Waals surface area contributed by atoms with Crippen LogP contribution in [0.1, 0.15) is 6.42 Å². The van der Waals surface area contributed by atoms with Gasteiger partial charge in [0.05, 0.1) is 11.8 Å². The average Bonchev–Trinajstić information content (AvgIpc) is 2.79. The van der Waals surface area contributed by atoms with Gasteiger partial charge in [-0.3, -0.25) is 4.79 Å². The van der Waals surface area contributed by atoms with Crippen molar-refractivity contribution >= 4 is 29.2 Å². The first-order valence-electron chi connectivity index (χ1n) is 5.66. The predicted molar refractivity (Wildman–Crippen MR) is 65.5 cm³/mol. The van der Waals surface area contributed by atoms with Gasteiger partial charge in [0, 0.05) is 18.0 Å². The van der Waals surface area contributed by atoms with Gasteiger partial charge in [-0.1, -0.05) is 17.7 Å². The van der Waals surface area contributed by atoms with Crippen LogP contribution in [0.2, 0.25) is 5.02 Å². The van der Waals surface area contributed by atoms with Crippen LogP contribution in [0.5, 0.6) is 0 Å². The van der Waals surface area contributed by atoms with Crippen molar-refractivity contribution in [2.24, 2.45) is 0 Å². The molecule has 2 aliphatic rings. The summed E-state index contributed by atoms with van der Waals surface area (Å²) in [5.41, 5.74) is 0.474. The molecule has 2 atom stereocenters. The van der Waals surface area contributed by atoms with Gasteiger partial charge in [0.15, 0.2) is 0 Å². The molecule has 18 heavy (non-hydrogen) atoms. The maximum atomic E-state index is 12.2. The molecule has 0 bridgehead atoms. The number of hydrogen-bond donors (Lipinski definition) is 1. The Morgan fingerprint density at radius 2 is 2.11 bits per heavy atom. The molecule has 2 aliphatic heterocycles. The van der Waals surface area contributed by atoms with Crippen molar-refractivity contribution in [1.29, 1.82) is 0 Å². The van der Waals surface area contributed by atoms with Gasteiger partial charge < -0.3 is 10.0 Å². The Hall–Kier alpha value is -1.59. The Morgan fingerprint density at radius 1 is 1.33 bits per heavy atom. The molecule has 3 amide bonds. The van der Waals surface area contributed by atoms with E-state index in [-0.39, 0.29) is 18.5 Å². The van der Waals surface area contributed by atoms with Gasteiger partial charge in [-0.15, -0.1) is 0 Å². The van der Waals surface area contributed by atoms with E-state index in [9.17, 15) is 14.7 Å². The lowest BCUT2D eigenvalue weighted by Crippen LogP contribution is -2.35. The smallest absolute Gasteiger partial charge is 0.332 e. The molecule has 0 unspecified atom stereocenters. The largest absolute Gasteiger partial charge is 0.391 e. The number of carbonyl (C=O) groups is 2. The molecule has 0 saturated carbocycles. The molecule has 2 fully saturated rings. The van der Waals surface area contributed by atoms with Crippen LogP contribution in [0.3, 0.4) is 0 Å². The molecule has 1 aromatic rings. The fraction of sp³-hybridized carbons (Fsp3) is 0.333. The molecule has 0 aliphatic carbocycles. The van der Waals surface area contributed by atoms with Crippen LogP contribution in [0.25, 0.3) is 0 Å². The lowest BCUT2D eigenvalue weighted by Gasteiger charge is -2.16. The number of imide groups is 1. The Labute approximate surface area is 109 Å². The zero-order valence-corrected chi connectivity index (χ0v) is 10.2. The third-order valence-electron chi connectivity index (χ3n) is 3.29. The molecule has 94 valence electrons. The van der Waals surface area contributed by atoms with Gasteiger partial charge in [-0.2, -0.15) is 0 Å². The fourth-order valence-electron chi connectivity index (χ4n) is 2.48. The summed E-state index contributed by atoms with van der Waals surface area (Å²) in [5, 5.41) is 9.96. The summed E-state index contributed by atoms with van der Waals surface area (Å²) in [4.78, 5) is 26.8. The minimum Gasteiger partial charge on any atom is -0.391 e. The maximum Gasteiger partial charge on any atom is 0.332 e. The van der Waals surface area contributed by atoms with Crippen LogP contribution < -0.4 is 4.90 Å². The molecular formula is C12H11ClN2O3. The van der Waals surface area contributed by atoms with Crippen molar-refractivity contribution in [1.82, 2.24) is 4.90 Å². The van der Waals surface area contributed by atoms with Crippen molar-refractivity contribution in [3.05, 3.63) is 29.3 Å². The van der Waals surface area contributed by atoms with Crippen molar-refractivity contribution < 1.29 is 14.7 Å². The first kappa shape index (κ1) is 11.5. The van der Waals surface area contributed by atoms with Crippen molar-refractivity contribution in [3.63, 3.8) is 0 Å². The van der Waals surface area contributed by atoms with E-state index in [1.165, 1.54) is 4.90 Å². The van der Waals surface area contributed by atoms with Crippen LogP contribution in [0.4, 0.5) is 10.5 Å². The molecule has 6 heteroatoms. The SMILES string of the molecule is O=C1[C@@H]2C[C@@H](O)CN2C(=O)N1c1cccc(Cl)c1.